The zero-order chi connectivity index (χ0) is 13.0. The van der Waals surface area contributed by atoms with Crippen molar-refractivity contribution >= 4 is 6.08 Å². The van der Waals surface area contributed by atoms with Crippen molar-refractivity contribution in [3.05, 3.63) is 39.0 Å². The highest BCUT2D eigenvalue weighted by Gasteiger charge is 2.26. The molecule has 1 aliphatic carbocycles. The standard InChI is InChI=1S/C17H24/c1-10-11(2)13(4)16-9-14(17(5,6)7)8-15(16)12(10)3/h8H,9H2,1-7H3. The van der Waals surface area contributed by atoms with Crippen LogP contribution in [-0.2, 0) is 6.42 Å². The highest BCUT2D eigenvalue weighted by molar-refractivity contribution is 5.71. The minimum atomic E-state index is 0.291. The van der Waals surface area contributed by atoms with Gasteiger partial charge in [0, 0.05) is 0 Å². The number of allylic oxidation sites excluding steroid dienone is 1. The van der Waals surface area contributed by atoms with Crippen molar-refractivity contribution < 1.29 is 0 Å². The van der Waals surface area contributed by atoms with E-state index in [0.717, 1.165) is 6.42 Å². The van der Waals surface area contributed by atoms with E-state index in [1.165, 1.54) is 27.8 Å². The molecule has 1 aromatic carbocycles. The van der Waals surface area contributed by atoms with Crippen LogP contribution in [0.4, 0.5) is 0 Å². The number of benzene rings is 1. The molecule has 0 spiro atoms. The van der Waals surface area contributed by atoms with E-state index < -0.39 is 0 Å². The van der Waals surface area contributed by atoms with Crippen LogP contribution in [-0.4, -0.2) is 0 Å². The van der Waals surface area contributed by atoms with Crippen LogP contribution in [0.25, 0.3) is 6.08 Å². The minimum Gasteiger partial charge on any atom is -0.0598 e. The second-order valence-corrected chi connectivity index (χ2v) is 6.49. The maximum Gasteiger partial charge on any atom is -0.00497 e. The van der Waals surface area contributed by atoms with Crippen LogP contribution < -0.4 is 0 Å². The van der Waals surface area contributed by atoms with Crippen molar-refractivity contribution in [1.29, 1.82) is 0 Å². The number of rotatable bonds is 0. The number of hydrogen-bond donors (Lipinski definition) is 0. The molecule has 0 fully saturated rings. The van der Waals surface area contributed by atoms with Gasteiger partial charge in [0.1, 0.15) is 0 Å². The normalized spacial score (nSPS) is 14.9. The summed E-state index contributed by atoms with van der Waals surface area (Å²) in [6.45, 7) is 16.0. The summed E-state index contributed by atoms with van der Waals surface area (Å²) >= 11 is 0. The van der Waals surface area contributed by atoms with Gasteiger partial charge in [0.25, 0.3) is 0 Å². The SMILES string of the molecule is Cc1c(C)c(C)c2c(c1C)C=C(C(C)(C)C)C2. The molecule has 0 unspecified atom stereocenters. The van der Waals surface area contributed by atoms with E-state index in [1.54, 1.807) is 11.1 Å². The van der Waals surface area contributed by atoms with Crippen molar-refractivity contribution in [2.24, 2.45) is 5.41 Å². The first-order chi connectivity index (χ1) is 7.73. The second kappa shape index (κ2) is 3.73. The summed E-state index contributed by atoms with van der Waals surface area (Å²) in [5.74, 6) is 0. The summed E-state index contributed by atoms with van der Waals surface area (Å²) in [4.78, 5) is 0. The fourth-order valence-electron chi connectivity index (χ4n) is 2.74. The molecular weight excluding hydrogens is 204 g/mol. The molecule has 0 radical (unpaired) electrons. The van der Waals surface area contributed by atoms with Gasteiger partial charge < -0.3 is 0 Å². The molecule has 17 heavy (non-hydrogen) atoms. The Labute approximate surface area is 106 Å². The average Bonchev–Trinajstić information content (AvgIpc) is 2.67. The predicted octanol–water partition coefficient (Wildman–Crippen LogP) is 4.91. The Balaban J connectivity index is 2.63. The van der Waals surface area contributed by atoms with E-state index in [0.29, 0.717) is 5.41 Å². The molecule has 0 amide bonds. The van der Waals surface area contributed by atoms with Crippen LogP contribution in [0.2, 0.25) is 0 Å². The fourth-order valence-corrected chi connectivity index (χ4v) is 2.74. The molecule has 92 valence electrons. The molecule has 0 heterocycles. The van der Waals surface area contributed by atoms with Gasteiger partial charge in [-0.15, -0.1) is 0 Å². The topological polar surface area (TPSA) is 0 Å². The first-order valence-electron chi connectivity index (χ1n) is 6.53. The van der Waals surface area contributed by atoms with Gasteiger partial charge in [-0.3, -0.25) is 0 Å². The Kier molecular flexibility index (Phi) is 2.72. The van der Waals surface area contributed by atoms with Gasteiger partial charge in [0.2, 0.25) is 0 Å². The zero-order valence-electron chi connectivity index (χ0n) is 12.3. The highest BCUT2D eigenvalue weighted by atomic mass is 14.3. The molecule has 0 saturated heterocycles. The van der Waals surface area contributed by atoms with Crippen molar-refractivity contribution in [2.75, 3.05) is 0 Å². The molecule has 0 aromatic heterocycles. The van der Waals surface area contributed by atoms with Crippen LogP contribution >= 0.6 is 0 Å². The summed E-state index contributed by atoms with van der Waals surface area (Å²) < 4.78 is 0. The van der Waals surface area contributed by atoms with E-state index >= 15 is 0 Å². The summed E-state index contributed by atoms with van der Waals surface area (Å²) in [7, 11) is 0. The lowest BCUT2D eigenvalue weighted by Gasteiger charge is -2.20. The number of fused-ring (bicyclic) bond motifs is 1. The van der Waals surface area contributed by atoms with Gasteiger partial charge in [0.15, 0.2) is 0 Å². The van der Waals surface area contributed by atoms with Crippen LogP contribution in [0.1, 0.15) is 54.2 Å². The second-order valence-electron chi connectivity index (χ2n) is 6.49. The zero-order valence-corrected chi connectivity index (χ0v) is 12.3. The van der Waals surface area contributed by atoms with Gasteiger partial charge >= 0.3 is 0 Å². The monoisotopic (exact) mass is 228 g/mol. The lowest BCUT2D eigenvalue weighted by Crippen LogP contribution is -2.09. The summed E-state index contributed by atoms with van der Waals surface area (Å²) in [6.07, 6.45) is 3.58. The minimum absolute atomic E-state index is 0.291. The van der Waals surface area contributed by atoms with Crippen LogP contribution in [0.3, 0.4) is 0 Å². The smallest absolute Gasteiger partial charge is 0.00497 e. The predicted molar refractivity (Wildman–Crippen MR) is 76.5 cm³/mol. The summed E-state index contributed by atoms with van der Waals surface area (Å²) in [5.41, 5.74) is 10.8. The molecule has 1 aliphatic rings. The molecule has 0 nitrogen and oxygen atoms in total. The molecule has 0 aliphatic heterocycles. The van der Waals surface area contributed by atoms with Crippen LogP contribution in [0, 0.1) is 33.1 Å². The molecule has 0 bridgehead atoms. The Bertz CT molecular complexity index is 508. The molecule has 0 atom stereocenters. The van der Waals surface area contributed by atoms with Crippen LogP contribution in [0.5, 0.6) is 0 Å². The van der Waals surface area contributed by atoms with Gasteiger partial charge in [-0.25, -0.2) is 0 Å². The Hall–Kier alpha value is -1.04. The number of hydrogen-bond acceptors (Lipinski definition) is 0. The molecule has 0 saturated carbocycles. The van der Waals surface area contributed by atoms with Gasteiger partial charge in [0.05, 0.1) is 0 Å². The average molecular weight is 228 g/mol. The quantitative estimate of drug-likeness (QED) is 0.592. The summed E-state index contributed by atoms with van der Waals surface area (Å²) in [5, 5.41) is 0. The van der Waals surface area contributed by atoms with Crippen molar-refractivity contribution in [2.45, 2.75) is 54.9 Å². The maximum atomic E-state index is 2.43. The first kappa shape index (κ1) is 12.4. The molecular formula is C17H24. The van der Waals surface area contributed by atoms with Gasteiger partial charge in [-0.2, -0.15) is 0 Å². The Morgan fingerprint density at radius 1 is 0.824 bits per heavy atom. The lowest BCUT2D eigenvalue weighted by atomic mass is 9.85. The third-order valence-electron chi connectivity index (χ3n) is 4.52. The Morgan fingerprint density at radius 2 is 1.35 bits per heavy atom. The van der Waals surface area contributed by atoms with E-state index in [-0.39, 0.29) is 0 Å². The largest absolute Gasteiger partial charge is 0.0598 e. The summed E-state index contributed by atoms with van der Waals surface area (Å²) in [6, 6.07) is 0. The highest BCUT2D eigenvalue weighted by Crippen LogP contribution is 2.40. The van der Waals surface area contributed by atoms with E-state index in [2.05, 4.69) is 54.5 Å². The van der Waals surface area contributed by atoms with Gasteiger partial charge in [-0.1, -0.05) is 32.4 Å². The van der Waals surface area contributed by atoms with E-state index in [1.807, 2.05) is 0 Å². The lowest BCUT2D eigenvalue weighted by molar-refractivity contribution is 0.498. The van der Waals surface area contributed by atoms with E-state index in [4.69, 9.17) is 0 Å². The van der Waals surface area contributed by atoms with Gasteiger partial charge in [-0.05, 0) is 72.9 Å². The van der Waals surface area contributed by atoms with Crippen molar-refractivity contribution in [1.82, 2.24) is 0 Å². The third kappa shape index (κ3) is 1.84. The van der Waals surface area contributed by atoms with Crippen molar-refractivity contribution in [3.63, 3.8) is 0 Å². The maximum absolute atomic E-state index is 2.43. The molecule has 1 aromatic rings. The molecule has 2 rings (SSSR count). The van der Waals surface area contributed by atoms with Crippen molar-refractivity contribution in [3.8, 4) is 0 Å². The van der Waals surface area contributed by atoms with Crippen LogP contribution in [0.15, 0.2) is 5.57 Å². The molecule has 0 heteroatoms. The van der Waals surface area contributed by atoms with E-state index in [9.17, 15) is 0 Å². The fraction of sp³-hybridized carbons (Fsp3) is 0.529. The molecule has 0 N–H and O–H groups in total. The first-order valence-corrected chi connectivity index (χ1v) is 6.53. The third-order valence-corrected chi connectivity index (χ3v) is 4.52. The Morgan fingerprint density at radius 3 is 1.88 bits per heavy atom.